The van der Waals surface area contributed by atoms with Gasteiger partial charge in [0.2, 0.25) is 15.9 Å². The van der Waals surface area contributed by atoms with Crippen LogP contribution in [0.5, 0.6) is 0 Å². The van der Waals surface area contributed by atoms with E-state index in [-0.39, 0.29) is 16.0 Å². The zero-order chi connectivity index (χ0) is 21.2. The average molecular weight is 414 g/mol. The standard InChI is InChI=1S/C21H22N2O5S/c1-3-22(4-2)18(24)14-23-19(20(25)15-10-6-5-7-11-15)21(26)16-12-8-9-13-17(16)29(23,27)28/h5-13,19H,3-4,14H2,1-2H3. The largest absolute Gasteiger partial charge is 0.342 e. The van der Waals surface area contributed by atoms with Gasteiger partial charge in [-0.15, -0.1) is 0 Å². The molecule has 0 radical (unpaired) electrons. The lowest BCUT2D eigenvalue weighted by atomic mass is 9.96. The van der Waals surface area contributed by atoms with Crippen molar-refractivity contribution in [3.05, 3.63) is 65.7 Å². The molecule has 3 rings (SSSR count). The van der Waals surface area contributed by atoms with Gasteiger partial charge in [0.1, 0.15) is 0 Å². The Hall–Kier alpha value is -2.84. The molecule has 0 bridgehead atoms. The molecule has 1 amide bonds. The summed E-state index contributed by atoms with van der Waals surface area (Å²) in [5.74, 6) is -1.74. The minimum atomic E-state index is -4.22. The van der Waals surface area contributed by atoms with E-state index in [4.69, 9.17) is 0 Å². The van der Waals surface area contributed by atoms with Gasteiger partial charge in [-0.3, -0.25) is 14.4 Å². The molecule has 0 N–H and O–H groups in total. The van der Waals surface area contributed by atoms with E-state index in [0.717, 1.165) is 4.31 Å². The Morgan fingerprint density at radius 1 is 0.966 bits per heavy atom. The quantitative estimate of drug-likeness (QED) is 0.533. The number of fused-ring (bicyclic) bond motifs is 1. The third-order valence-corrected chi connectivity index (χ3v) is 6.86. The number of ketones is 2. The van der Waals surface area contributed by atoms with Crippen molar-refractivity contribution in [2.75, 3.05) is 19.6 Å². The fourth-order valence-electron chi connectivity index (χ4n) is 3.43. The molecule has 152 valence electrons. The second kappa shape index (κ2) is 8.26. The first-order valence-electron chi connectivity index (χ1n) is 9.35. The van der Waals surface area contributed by atoms with Crippen LogP contribution in [0.2, 0.25) is 0 Å². The summed E-state index contributed by atoms with van der Waals surface area (Å²) in [6.45, 7) is 3.77. The van der Waals surface area contributed by atoms with E-state index in [1.54, 1.807) is 38.1 Å². The summed E-state index contributed by atoms with van der Waals surface area (Å²) in [7, 11) is -4.22. The highest BCUT2D eigenvalue weighted by molar-refractivity contribution is 7.89. The Morgan fingerprint density at radius 3 is 2.17 bits per heavy atom. The molecular formula is C21H22N2O5S. The molecule has 0 spiro atoms. The lowest BCUT2D eigenvalue weighted by Crippen LogP contribution is -2.56. The summed E-state index contributed by atoms with van der Waals surface area (Å²) >= 11 is 0. The Kier molecular flexibility index (Phi) is 5.95. The minimum absolute atomic E-state index is 0.0340. The molecule has 1 aliphatic heterocycles. The fraction of sp³-hybridized carbons (Fsp3) is 0.286. The predicted molar refractivity (Wildman–Crippen MR) is 107 cm³/mol. The van der Waals surface area contributed by atoms with Gasteiger partial charge in [-0.25, -0.2) is 8.42 Å². The van der Waals surface area contributed by atoms with Gasteiger partial charge in [-0.2, -0.15) is 4.31 Å². The predicted octanol–water partition coefficient (Wildman–Crippen LogP) is 1.99. The number of nitrogens with zero attached hydrogens (tertiary/aromatic N) is 2. The van der Waals surface area contributed by atoms with Crippen molar-refractivity contribution in [3.63, 3.8) is 0 Å². The molecule has 1 unspecified atom stereocenters. The van der Waals surface area contributed by atoms with Gasteiger partial charge >= 0.3 is 0 Å². The summed E-state index contributed by atoms with van der Waals surface area (Å²) in [4.78, 5) is 40.3. The molecular weight excluding hydrogens is 392 g/mol. The number of Topliss-reactive ketones (excluding diaryl/α,β-unsaturated/α-hetero) is 2. The molecule has 2 aromatic carbocycles. The summed E-state index contributed by atoms with van der Waals surface area (Å²) < 4.78 is 27.3. The number of likely N-dealkylation sites (N-methyl/N-ethyl adjacent to an activating group) is 1. The van der Waals surface area contributed by atoms with E-state index in [9.17, 15) is 22.8 Å². The van der Waals surface area contributed by atoms with Gasteiger partial charge in [-0.1, -0.05) is 42.5 Å². The van der Waals surface area contributed by atoms with Crippen molar-refractivity contribution in [1.29, 1.82) is 0 Å². The van der Waals surface area contributed by atoms with E-state index < -0.39 is 40.1 Å². The molecule has 0 aromatic heterocycles. The van der Waals surface area contributed by atoms with Crippen molar-refractivity contribution < 1.29 is 22.8 Å². The van der Waals surface area contributed by atoms with Crippen molar-refractivity contribution in [2.45, 2.75) is 24.8 Å². The maximum Gasteiger partial charge on any atom is 0.245 e. The third kappa shape index (κ3) is 3.73. The Labute approximate surface area is 170 Å². The molecule has 2 aromatic rings. The average Bonchev–Trinajstić information content (AvgIpc) is 2.73. The van der Waals surface area contributed by atoms with Crippen LogP contribution in [0.3, 0.4) is 0 Å². The van der Waals surface area contributed by atoms with Crippen LogP contribution in [0, 0.1) is 0 Å². The molecule has 29 heavy (non-hydrogen) atoms. The van der Waals surface area contributed by atoms with Crippen LogP contribution in [0.25, 0.3) is 0 Å². The van der Waals surface area contributed by atoms with Gasteiger partial charge in [0.15, 0.2) is 17.6 Å². The summed E-state index contributed by atoms with van der Waals surface area (Å²) in [5, 5.41) is 0. The van der Waals surface area contributed by atoms with Crippen molar-refractivity contribution >= 4 is 27.5 Å². The number of sulfonamides is 1. The molecule has 0 aliphatic carbocycles. The Morgan fingerprint density at radius 2 is 1.55 bits per heavy atom. The molecule has 8 heteroatoms. The molecule has 1 atom stereocenters. The highest BCUT2D eigenvalue weighted by Gasteiger charge is 2.48. The van der Waals surface area contributed by atoms with Gasteiger partial charge in [-0.05, 0) is 26.0 Å². The zero-order valence-electron chi connectivity index (χ0n) is 16.2. The van der Waals surface area contributed by atoms with Crippen LogP contribution in [-0.4, -0.2) is 60.8 Å². The number of amides is 1. The SMILES string of the molecule is CCN(CC)C(=O)CN1C(C(=O)c2ccccc2)C(=O)c2ccccc2S1(=O)=O. The molecule has 0 saturated heterocycles. The van der Waals surface area contributed by atoms with Gasteiger partial charge in [0.25, 0.3) is 0 Å². The lowest BCUT2D eigenvalue weighted by Gasteiger charge is -2.34. The maximum atomic E-state index is 13.3. The van der Waals surface area contributed by atoms with Crippen molar-refractivity contribution in [2.24, 2.45) is 0 Å². The van der Waals surface area contributed by atoms with Crippen molar-refractivity contribution in [3.8, 4) is 0 Å². The number of hydrogen-bond acceptors (Lipinski definition) is 5. The maximum absolute atomic E-state index is 13.3. The molecule has 1 aliphatic rings. The van der Waals surface area contributed by atoms with Crippen LogP contribution in [0.15, 0.2) is 59.5 Å². The van der Waals surface area contributed by atoms with Crippen LogP contribution in [0.1, 0.15) is 34.6 Å². The highest BCUT2D eigenvalue weighted by atomic mass is 32.2. The van der Waals surface area contributed by atoms with Crippen LogP contribution >= 0.6 is 0 Å². The van der Waals surface area contributed by atoms with Gasteiger partial charge in [0.05, 0.1) is 11.4 Å². The minimum Gasteiger partial charge on any atom is -0.342 e. The zero-order valence-corrected chi connectivity index (χ0v) is 17.1. The molecule has 0 saturated carbocycles. The second-order valence-corrected chi connectivity index (χ2v) is 8.47. The van der Waals surface area contributed by atoms with Crippen molar-refractivity contribution in [1.82, 2.24) is 9.21 Å². The Balaban J connectivity index is 2.13. The van der Waals surface area contributed by atoms with Gasteiger partial charge < -0.3 is 4.90 Å². The number of carbonyl (C=O) groups is 3. The van der Waals surface area contributed by atoms with E-state index in [1.807, 2.05) is 0 Å². The first-order chi connectivity index (χ1) is 13.8. The number of carbonyl (C=O) groups excluding carboxylic acids is 3. The summed E-state index contributed by atoms with van der Waals surface area (Å²) in [6, 6.07) is 12.2. The number of rotatable bonds is 6. The fourth-order valence-corrected chi connectivity index (χ4v) is 5.13. The molecule has 7 nitrogen and oxygen atoms in total. The van der Waals surface area contributed by atoms with Crippen LogP contribution in [0.4, 0.5) is 0 Å². The van der Waals surface area contributed by atoms with E-state index in [2.05, 4.69) is 0 Å². The second-order valence-electron chi connectivity index (χ2n) is 6.61. The van der Waals surface area contributed by atoms with Gasteiger partial charge in [0, 0.05) is 24.2 Å². The van der Waals surface area contributed by atoms with E-state index in [1.165, 1.54) is 35.2 Å². The Bertz CT molecular complexity index is 1050. The number of benzene rings is 2. The third-order valence-electron chi connectivity index (χ3n) is 4.99. The first-order valence-corrected chi connectivity index (χ1v) is 10.8. The van der Waals surface area contributed by atoms with Crippen LogP contribution in [-0.2, 0) is 14.8 Å². The molecule has 1 heterocycles. The smallest absolute Gasteiger partial charge is 0.245 e. The normalized spacial score (nSPS) is 18.1. The topological polar surface area (TPSA) is 91.8 Å². The van der Waals surface area contributed by atoms with E-state index in [0.29, 0.717) is 13.1 Å². The summed E-state index contributed by atoms with van der Waals surface area (Å²) in [6.07, 6.45) is 0. The first kappa shape index (κ1) is 20.9. The van der Waals surface area contributed by atoms with E-state index >= 15 is 0 Å². The highest BCUT2D eigenvalue weighted by Crippen LogP contribution is 2.31. The number of hydrogen-bond donors (Lipinski definition) is 0. The van der Waals surface area contributed by atoms with Crippen LogP contribution < -0.4 is 0 Å². The lowest BCUT2D eigenvalue weighted by molar-refractivity contribution is -0.131. The summed E-state index contributed by atoms with van der Waals surface area (Å²) in [5.41, 5.74) is 0.175. The monoisotopic (exact) mass is 414 g/mol. The molecule has 0 fully saturated rings.